The molecule has 4 heteroatoms. The molecule has 0 amide bonds. The van der Waals surface area contributed by atoms with Gasteiger partial charge in [0.15, 0.2) is 0 Å². The van der Waals surface area contributed by atoms with Crippen LogP contribution in [-0.2, 0) is 24.1 Å². The van der Waals surface area contributed by atoms with E-state index < -0.39 is 5.97 Å². The van der Waals surface area contributed by atoms with E-state index in [1.807, 2.05) is 36.4 Å². The molecule has 4 nitrogen and oxygen atoms in total. The lowest BCUT2D eigenvalue weighted by Crippen LogP contribution is -2.35. The summed E-state index contributed by atoms with van der Waals surface area (Å²) in [6, 6.07) is 23.7. The molecule has 2 N–H and O–H groups in total. The van der Waals surface area contributed by atoms with Crippen LogP contribution < -0.4 is 5.32 Å². The van der Waals surface area contributed by atoms with Crippen molar-refractivity contribution in [3.05, 3.63) is 101 Å². The zero-order valence-corrected chi connectivity index (χ0v) is 18.6. The number of ketones is 1. The summed E-state index contributed by atoms with van der Waals surface area (Å²) in [4.78, 5) is 23.9. The lowest BCUT2D eigenvalue weighted by atomic mass is 9.72. The highest BCUT2D eigenvalue weighted by Crippen LogP contribution is 2.45. The van der Waals surface area contributed by atoms with Crippen molar-refractivity contribution in [2.24, 2.45) is 5.41 Å². The molecule has 0 aromatic heterocycles. The van der Waals surface area contributed by atoms with Crippen molar-refractivity contribution in [2.75, 3.05) is 5.32 Å². The first kappa shape index (κ1) is 21.8. The molecule has 32 heavy (non-hydrogen) atoms. The standard InChI is InChI=1S/C28H29NO3/c1-28(2)18-23-17-22(27(31)32)12-14-25(23)29-26(28)21-10-6-9-20(15-21)16-24(30)13-11-19-7-4-3-5-8-19/h3-10,12,14-15,17,26,29H,11,13,16,18H2,1-2H3,(H,31,32). The molecule has 0 spiro atoms. The van der Waals surface area contributed by atoms with Crippen molar-refractivity contribution in [3.63, 3.8) is 0 Å². The van der Waals surface area contributed by atoms with Crippen LogP contribution >= 0.6 is 0 Å². The molecule has 0 bridgehead atoms. The molecule has 1 unspecified atom stereocenters. The Kier molecular flexibility index (Phi) is 6.13. The summed E-state index contributed by atoms with van der Waals surface area (Å²) in [6.45, 7) is 4.39. The number of anilines is 1. The van der Waals surface area contributed by atoms with Crippen molar-refractivity contribution in [1.29, 1.82) is 0 Å². The first-order valence-corrected chi connectivity index (χ1v) is 11.1. The lowest BCUT2D eigenvalue weighted by molar-refractivity contribution is -0.118. The van der Waals surface area contributed by atoms with Gasteiger partial charge in [-0.2, -0.15) is 0 Å². The van der Waals surface area contributed by atoms with Gasteiger partial charge in [-0.3, -0.25) is 4.79 Å². The van der Waals surface area contributed by atoms with Gasteiger partial charge in [-0.1, -0.05) is 68.4 Å². The van der Waals surface area contributed by atoms with Crippen LogP contribution in [0.5, 0.6) is 0 Å². The topological polar surface area (TPSA) is 66.4 Å². The van der Waals surface area contributed by atoms with Gasteiger partial charge in [0.1, 0.15) is 5.78 Å². The maximum atomic E-state index is 12.6. The molecule has 164 valence electrons. The van der Waals surface area contributed by atoms with Crippen LogP contribution in [0.4, 0.5) is 5.69 Å². The van der Waals surface area contributed by atoms with E-state index in [2.05, 4.69) is 43.4 Å². The van der Waals surface area contributed by atoms with Gasteiger partial charge >= 0.3 is 5.97 Å². The summed E-state index contributed by atoms with van der Waals surface area (Å²) in [5.74, 6) is -0.661. The molecule has 0 saturated carbocycles. The Morgan fingerprint density at radius 2 is 1.72 bits per heavy atom. The van der Waals surface area contributed by atoms with E-state index in [9.17, 15) is 14.7 Å². The highest BCUT2D eigenvalue weighted by Gasteiger charge is 2.36. The largest absolute Gasteiger partial charge is 0.478 e. The Hall–Kier alpha value is -3.40. The Bertz CT molecular complexity index is 1130. The molecule has 1 atom stereocenters. The minimum absolute atomic E-state index is 0.0741. The summed E-state index contributed by atoms with van der Waals surface area (Å²) in [5, 5.41) is 12.9. The summed E-state index contributed by atoms with van der Waals surface area (Å²) in [5.41, 5.74) is 5.58. The number of aryl methyl sites for hydroxylation is 1. The lowest BCUT2D eigenvalue weighted by Gasteiger charge is -2.41. The third kappa shape index (κ3) is 4.91. The fourth-order valence-corrected chi connectivity index (χ4v) is 4.62. The average molecular weight is 428 g/mol. The third-order valence-corrected chi connectivity index (χ3v) is 6.30. The summed E-state index contributed by atoms with van der Waals surface area (Å²) in [7, 11) is 0. The number of carbonyl (C=O) groups excluding carboxylic acids is 1. The third-order valence-electron chi connectivity index (χ3n) is 6.30. The number of hydrogen-bond acceptors (Lipinski definition) is 3. The normalized spacial score (nSPS) is 16.6. The molecule has 1 aliphatic rings. The Balaban J connectivity index is 1.48. The minimum Gasteiger partial charge on any atom is -0.478 e. The number of carbonyl (C=O) groups is 2. The SMILES string of the molecule is CC1(C)Cc2cc(C(=O)O)ccc2NC1c1cccc(CC(=O)CCc2ccccc2)c1. The van der Waals surface area contributed by atoms with Crippen molar-refractivity contribution in [3.8, 4) is 0 Å². The molecule has 4 rings (SSSR count). The number of Topliss-reactive ketones (excluding diaryl/α,β-unsaturated/α-hetero) is 1. The number of aromatic carboxylic acids is 1. The van der Waals surface area contributed by atoms with Crippen molar-refractivity contribution >= 4 is 17.4 Å². The van der Waals surface area contributed by atoms with Crippen LogP contribution in [0.3, 0.4) is 0 Å². The summed E-state index contributed by atoms with van der Waals surface area (Å²) in [6.07, 6.45) is 2.53. The van der Waals surface area contributed by atoms with E-state index in [1.165, 1.54) is 5.56 Å². The van der Waals surface area contributed by atoms with Gasteiger partial charge in [-0.05, 0) is 58.7 Å². The van der Waals surface area contributed by atoms with Crippen LogP contribution in [0.25, 0.3) is 0 Å². The molecule has 1 heterocycles. The highest BCUT2D eigenvalue weighted by atomic mass is 16.4. The molecular weight excluding hydrogens is 398 g/mol. The monoisotopic (exact) mass is 427 g/mol. The van der Waals surface area contributed by atoms with Gasteiger partial charge in [0, 0.05) is 18.5 Å². The molecular formula is C28H29NO3. The molecule has 0 saturated heterocycles. The number of nitrogens with one attached hydrogen (secondary N) is 1. The smallest absolute Gasteiger partial charge is 0.335 e. The first-order valence-electron chi connectivity index (χ1n) is 11.1. The molecule has 3 aromatic rings. The van der Waals surface area contributed by atoms with E-state index >= 15 is 0 Å². The zero-order valence-electron chi connectivity index (χ0n) is 18.6. The molecule has 0 radical (unpaired) electrons. The zero-order chi connectivity index (χ0) is 22.7. The summed E-state index contributed by atoms with van der Waals surface area (Å²) >= 11 is 0. The fraction of sp³-hybridized carbons (Fsp3) is 0.286. The average Bonchev–Trinajstić information content (AvgIpc) is 2.77. The van der Waals surface area contributed by atoms with Crippen LogP contribution in [-0.4, -0.2) is 16.9 Å². The Labute approximate surface area is 189 Å². The van der Waals surface area contributed by atoms with Gasteiger partial charge in [-0.25, -0.2) is 4.79 Å². The molecule has 0 fully saturated rings. The van der Waals surface area contributed by atoms with E-state index in [4.69, 9.17) is 0 Å². The van der Waals surface area contributed by atoms with Gasteiger partial charge in [0.2, 0.25) is 0 Å². The van der Waals surface area contributed by atoms with Crippen LogP contribution in [0.15, 0.2) is 72.8 Å². The van der Waals surface area contributed by atoms with Crippen molar-refractivity contribution in [2.45, 2.75) is 45.6 Å². The quantitative estimate of drug-likeness (QED) is 0.495. The molecule has 1 aliphatic heterocycles. The predicted molar refractivity (Wildman–Crippen MR) is 127 cm³/mol. The van der Waals surface area contributed by atoms with Crippen LogP contribution in [0, 0.1) is 5.41 Å². The maximum absolute atomic E-state index is 12.6. The van der Waals surface area contributed by atoms with E-state index in [1.54, 1.807) is 12.1 Å². The number of carboxylic acid groups (broad SMARTS) is 1. The number of hydrogen-bond donors (Lipinski definition) is 2. The second kappa shape index (κ2) is 8.99. The first-order chi connectivity index (χ1) is 15.3. The second-order valence-corrected chi connectivity index (χ2v) is 9.37. The van der Waals surface area contributed by atoms with Gasteiger partial charge < -0.3 is 10.4 Å². The minimum atomic E-state index is -0.905. The van der Waals surface area contributed by atoms with E-state index in [-0.39, 0.29) is 17.2 Å². The van der Waals surface area contributed by atoms with E-state index in [0.29, 0.717) is 18.4 Å². The van der Waals surface area contributed by atoms with Crippen LogP contribution in [0.1, 0.15) is 58.9 Å². The fourth-order valence-electron chi connectivity index (χ4n) is 4.62. The van der Waals surface area contributed by atoms with Crippen molar-refractivity contribution < 1.29 is 14.7 Å². The Morgan fingerprint density at radius 3 is 2.47 bits per heavy atom. The van der Waals surface area contributed by atoms with Gasteiger partial charge in [-0.15, -0.1) is 0 Å². The number of rotatable bonds is 7. The van der Waals surface area contributed by atoms with Gasteiger partial charge in [0.25, 0.3) is 0 Å². The Morgan fingerprint density at radius 1 is 0.969 bits per heavy atom. The predicted octanol–water partition coefficient (Wildman–Crippen LogP) is 5.86. The summed E-state index contributed by atoms with van der Waals surface area (Å²) < 4.78 is 0. The van der Waals surface area contributed by atoms with Crippen LogP contribution in [0.2, 0.25) is 0 Å². The molecule has 3 aromatic carbocycles. The van der Waals surface area contributed by atoms with E-state index in [0.717, 1.165) is 35.2 Å². The number of benzene rings is 3. The van der Waals surface area contributed by atoms with Gasteiger partial charge in [0.05, 0.1) is 11.6 Å². The second-order valence-electron chi connectivity index (χ2n) is 9.37. The van der Waals surface area contributed by atoms with Crippen molar-refractivity contribution in [1.82, 2.24) is 0 Å². The number of carboxylic acids is 1. The highest BCUT2D eigenvalue weighted by molar-refractivity contribution is 5.88. The number of fused-ring (bicyclic) bond motifs is 1. The molecule has 0 aliphatic carbocycles. The maximum Gasteiger partial charge on any atom is 0.335 e.